The van der Waals surface area contributed by atoms with Gasteiger partial charge in [-0.3, -0.25) is 4.99 Å². The number of aryl methyl sites for hydroxylation is 2. The molecule has 3 rings (SSSR count). The Kier molecular flexibility index (Phi) is 6.65. The molecule has 3 aromatic rings. The van der Waals surface area contributed by atoms with Gasteiger partial charge in [-0.15, -0.1) is 0 Å². The third kappa shape index (κ3) is 4.89. The molecule has 0 aliphatic heterocycles. The molecule has 2 aromatic carbocycles. The van der Waals surface area contributed by atoms with Gasteiger partial charge in [0.25, 0.3) is 0 Å². The number of hydrogen-bond acceptors (Lipinski definition) is 5. The Hall–Kier alpha value is -3.73. The second kappa shape index (κ2) is 9.39. The summed E-state index contributed by atoms with van der Waals surface area (Å²) in [6, 6.07) is 10.4. The van der Waals surface area contributed by atoms with Gasteiger partial charge in [0.1, 0.15) is 5.82 Å². The summed E-state index contributed by atoms with van der Waals surface area (Å²) in [6.07, 6.45) is 7.95. The zero-order chi connectivity index (χ0) is 22.5. The number of nitrogens with zero attached hydrogens (tertiary/aromatic N) is 3. The lowest BCUT2D eigenvalue weighted by atomic mass is 9.92. The maximum Gasteiger partial charge on any atom is 0.229 e. The van der Waals surface area contributed by atoms with Gasteiger partial charge in [-0.05, 0) is 81.8 Å². The molecule has 0 bridgehead atoms. The molecule has 0 amide bonds. The highest BCUT2D eigenvalue weighted by Gasteiger charge is 2.14. The number of allylic oxidation sites excluding steroid dienone is 5. The molecule has 0 aliphatic carbocycles. The Labute approximate surface area is 184 Å². The van der Waals surface area contributed by atoms with Crippen molar-refractivity contribution in [2.75, 3.05) is 11.1 Å². The van der Waals surface area contributed by atoms with Crippen LogP contribution in [0.4, 0.5) is 11.8 Å². The fraction of sp³-hybridized carbons (Fsp3) is 0.192. The first-order valence-electron chi connectivity index (χ1n) is 10.2. The van der Waals surface area contributed by atoms with Gasteiger partial charge in [-0.2, -0.15) is 4.98 Å². The van der Waals surface area contributed by atoms with Crippen LogP contribution in [0, 0.1) is 13.8 Å². The third-order valence-corrected chi connectivity index (χ3v) is 5.07. The van der Waals surface area contributed by atoms with Crippen molar-refractivity contribution < 1.29 is 0 Å². The van der Waals surface area contributed by atoms with Gasteiger partial charge in [0.15, 0.2) is 0 Å². The van der Waals surface area contributed by atoms with E-state index >= 15 is 0 Å². The van der Waals surface area contributed by atoms with Gasteiger partial charge in [-0.1, -0.05) is 36.4 Å². The van der Waals surface area contributed by atoms with Gasteiger partial charge in [0, 0.05) is 22.3 Å². The first kappa shape index (κ1) is 22.0. The van der Waals surface area contributed by atoms with Crippen LogP contribution in [0.15, 0.2) is 64.9 Å². The number of anilines is 2. The molecule has 5 nitrogen and oxygen atoms in total. The van der Waals surface area contributed by atoms with E-state index in [1.807, 2.05) is 45.1 Å². The number of aliphatic imine (C=N–C) groups is 1. The minimum Gasteiger partial charge on any atom is -0.383 e. The van der Waals surface area contributed by atoms with Crippen LogP contribution in [-0.4, -0.2) is 16.7 Å². The second-order valence-corrected chi connectivity index (χ2v) is 7.60. The molecule has 3 N–H and O–H groups in total. The van der Waals surface area contributed by atoms with Crippen LogP contribution in [0.1, 0.15) is 37.5 Å². The molecule has 1 heterocycles. The van der Waals surface area contributed by atoms with Crippen LogP contribution in [0.25, 0.3) is 28.1 Å². The fourth-order valence-electron chi connectivity index (χ4n) is 3.66. The van der Waals surface area contributed by atoms with E-state index in [1.165, 1.54) is 22.3 Å². The van der Waals surface area contributed by atoms with E-state index in [1.54, 1.807) is 0 Å². The number of nitrogens with one attached hydrogen (secondary N) is 1. The van der Waals surface area contributed by atoms with E-state index in [2.05, 4.69) is 66.2 Å². The number of aromatic nitrogens is 2. The third-order valence-electron chi connectivity index (χ3n) is 5.07. The van der Waals surface area contributed by atoms with Crippen molar-refractivity contribution in [2.24, 2.45) is 4.99 Å². The van der Waals surface area contributed by atoms with E-state index in [-0.39, 0.29) is 0 Å². The minimum atomic E-state index is 0.447. The first-order chi connectivity index (χ1) is 14.8. The Morgan fingerprint density at radius 1 is 1.10 bits per heavy atom. The van der Waals surface area contributed by atoms with Crippen molar-refractivity contribution in [1.82, 2.24) is 9.97 Å². The normalized spacial score (nSPS) is 12.5. The van der Waals surface area contributed by atoms with Crippen LogP contribution >= 0.6 is 0 Å². The van der Waals surface area contributed by atoms with Crippen LogP contribution < -0.4 is 11.1 Å². The van der Waals surface area contributed by atoms with Gasteiger partial charge in [0.2, 0.25) is 5.95 Å². The Morgan fingerprint density at radius 2 is 1.81 bits per heavy atom. The zero-order valence-electron chi connectivity index (χ0n) is 18.8. The molecule has 5 heteroatoms. The first-order valence-corrected chi connectivity index (χ1v) is 10.2. The van der Waals surface area contributed by atoms with E-state index in [0.29, 0.717) is 11.8 Å². The van der Waals surface area contributed by atoms with Crippen LogP contribution in [-0.2, 0) is 0 Å². The summed E-state index contributed by atoms with van der Waals surface area (Å²) >= 11 is 0. The predicted molar refractivity (Wildman–Crippen MR) is 134 cm³/mol. The summed E-state index contributed by atoms with van der Waals surface area (Å²) in [6.45, 7) is 13.6. The highest BCUT2D eigenvalue weighted by Crippen LogP contribution is 2.35. The highest BCUT2D eigenvalue weighted by molar-refractivity contribution is 6.00. The molecule has 0 spiro atoms. The number of rotatable bonds is 6. The minimum absolute atomic E-state index is 0.447. The van der Waals surface area contributed by atoms with Crippen molar-refractivity contribution in [3.63, 3.8) is 0 Å². The molecule has 0 fully saturated rings. The number of nitrogen functional groups attached to an aromatic ring is 1. The Bertz CT molecular complexity index is 1210. The summed E-state index contributed by atoms with van der Waals surface area (Å²) in [5, 5.41) is 4.07. The topological polar surface area (TPSA) is 76.2 Å². The molecule has 1 aromatic heterocycles. The van der Waals surface area contributed by atoms with Crippen molar-refractivity contribution in [3.05, 3.63) is 76.6 Å². The van der Waals surface area contributed by atoms with Gasteiger partial charge < -0.3 is 11.1 Å². The summed E-state index contributed by atoms with van der Waals surface area (Å²) < 4.78 is 0. The van der Waals surface area contributed by atoms with Crippen molar-refractivity contribution in [2.45, 2.75) is 34.6 Å². The Morgan fingerprint density at radius 3 is 2.45 bits per heavy atom. The zero-order valence-corrected chi connectivity index (χ0v) is 18.8. The fourth-order valence-corrected chi connectivity index (χ4v) is 3.66. The summed E-state index contributed by atoms with van der Waals surface area (Å²) in [7, 11) is 0. The van der Waals surface area contributed by atoms with Crippen LogP contribution in [0.5, 0.6) is 0 Å². The van der Waals surface area contributed by atoms with Crippen molar-refractivity contribution >= 4 is 35.5 Å². The van der Waals surface area contributed by atoms with E-state index in [9.17, 15) is 0 Å². The van der Waals surface area contributed by atoms with Crippen LogP contribution in [0.2, 0.25) is 0 Å². The molecule has 31 heavy (non-hydrogen) atoms. The van der Waals surface area contributed by atoms with E-state index in [0.717, 1.165) is 27.9 Å². The van der Waals surface area contributed by atoms with E-state index in [4.69, 9.17) is 10.7 Å². The standard InChI is InChI=1S/C26H29N5/c1-7-9-20-14-16(2)23(17(3)15-20)21-10-8-11-22-24(21)30-26(31-25(22)27)29-19(5)13-12-18(4)28-6/h7-15H,6H2,1-5H3,(H3,27,29,30,31)/b9-7+,18-12-,19-13+. The average Bonchev–Trinajstić information content (AvgIpc) is 2.72. The molecular weight excluding hydrogens is 382 g/mol. The number of nitrogens with two attached hydrogens (primary N) is 1. The largest absolute Gasteiger partial charge is 0.383 e. The van der Waals surface area contributed by atoms with E-state index < -0.39 is 0 Å². The van der Waals surface area contributed by atoms with Crippen molar-refractivity contribution in [1.29, 1.82) is 0 Å². The lowest BCUT2D eigenvalue weighted by molar-refractivity contribution is 1.18. The summed E-state index contributed by atoms with van der Waals surface area (Å²) in [5.41, 5.74) is 14.6. The maximum absolute atomic E-state index is 6.31. The highest BCUT2D eigenvalue weighted by atomic mass is 15.1. The maximum atomic E-state index is 6.31. The average molecular weight is 412 g/mol. The van der Waals surface area contributed by atoms with Gasteiger partial charge >= 0.3 is 0 Å². The number of para-hydroxylation sites is 1. The molecule has 158 valence electrons. The molecule has 0 saturated heterocycles. The molecule has 0 unspecified atom stereocenters. The molecule has 0 atom stereocenters. The lowest BCUT2D eigenvalue weighted by Crippen LogP contribution is -2.05. The number of hydrogen-bond donors (Lipinski definition) is 2. The molecule has 0 radical (unpaired) electrons. The van der Waals surface area contributed by atoms with Gasteiger partial charge in [-0.25, -0.2) is 4.98 Å². The quantitative estimate of drug-likeness (QED) is 0.361. The smallest absolute Gasteiger partial charge is 0.229 e. The Balaban J connectivity index is 2.14. The predicted octanol–water partition coefficient (Wildman–Crippen LogP) is 6.45. The molecular formula is C26H29N5. The van der Waals surface area contributed by atoms with Crippen LogP contribution in [0.3, 0.4) is 0 Å². The molecule has 0 aliphatic rings. The second-order valence-electron chi connectivity index (χ2n) is 7.60. The van der Waals surface area contributed by atoms with Gasteiger partial charge in [0.05, 0.1) is 5.52 Å². The summed E-state index contributed by atoms with van der Waals surface area (Å²) in [4.78, 5) is 13.2. The molecule has 0 saturated carbocycles. The number of benzene rings is 2. The lowest BCUT2D eigenvalue weighted by Gasteiger charge is -2.15. The SMILES string of the molecule is C=N/C(C)=C\C=C(/C)Nc1nc(N)c2cccc(-c3c(C)cc(/C=C/C)cc3C)c2n1. The summed E-state index contributed by atoms with van der Waals surface area (Å²) in [5.74, 6) is 0.909. The monoisotopic (exact) mass is 411 g/mol. The number of fused-ring (bicyclic) bond motifs is 1. The van der Waals surface area contributed by atoms with Crippen molar-refractivity contribution in [3.8, 4) is 11.1 Å².